The van der Waals surface area contributed by atoms with Gasteiger partial charge in [0.2, 0.25) is 0 Å². The van der Waals surface area contributed by atoms with E-state index < -0.39 is 23.1 Å². The number of benzene rings is 2. The quantitative estimate of drug-likeness (QED) is 0.852. The molecule has 0 spiro atoms. The van der Waals surface area contributed by atoms with E-state index in [1.165, 1.54) is 13.0 Å². The van der Waals surface area contributed by atoms with Crippen molar-refractivity contribution in [1.29, 1.82) is 0 Å². The number of aryl methyl sites for hydroxylation is 1. The fraction of sp³-hybridized carbons (Fsp3) is 0.188. The fourth-order valence-electron chi connectivity index (χ4n) is 1.88. The number of carbonyl (C=O) groups excluding carboxylic acids is 1. The predicted molar refractivity (Wildman–Crippen MR) is 78.3 cm³/mol. The lowest BCUT2D eigenvalue weighted by Crippen LogP contribution is -2.25. The number of hydrogen-bond acceptors (Lipinski definition) is 1. The second kappa shape index (κ2) is 6.68. The van der Waals surface area contributed by atoms with E-state index in [-0.39, 0.29) is 12.1 Å². The molecule has 0 aliphatic carbocycles. The first kappa shape index (κ1) is 15.4. The molecule has 2 aromatic rings. The van der Waals surface area contributed by atoms with Crippen LogP contribution < -0.4 is 5.32 Å². The molecule has 0 aliphatic heterocycles. The molecule has 0 heterocycles. The molecule has 21 heavy (non-hydrogen) atoms. The van der Waals surface area contributed by atoms with E-state index >= 15 is 0 Å². The van der Waals surface area contributed by atoms with Crippen LogP contribution in [0, 0.1) is 18.6 Å². The summed E-state index contributed by atoms with van der Waals surface area (Å²) in [6.45, 7) is 1.67. The van der Waals surface area contributed by atoms with Crippen molar-refractivity contribution in [3.63, 3.8) is 0 Å². The summed E-state index contributed by atoms with van der Waals surface area (Å²) >= 11 is 5.68. The lowest BCUT2D eigenvalue weighted by molar-refractivity contribution is 0.0942. The van der Waals surface area contributed by atoms with Crippen molar-refractivity contribution in [2.24, 2.45) is 0 Å². The van der Waals surface area contributed by atoms with Crippen LogP contribution in [0.25, 0.3) is 0 Å². The van der Waals surface area contributed by atoms with Gasteiger partial charge in [0.1, 0.15) is 17.2 Å². The molecule has 0 saturated carbocycles. The Morgan fingerprint density at radius 2 is 1.71 bits per heavy atom. The SMILES string of the molecule is Cc1ccc(F)c(C(=O)NCc2ccc(CCl)cc2)c1F. The number of amides is 1. The summed E-state index contributed by atoms with van der Waals surface area (Å²) in [7, 11) is 0. The van der Waals surface area contributed by atoms with Crippen molar-refractivity contribution in [3.8, 4) is 0 Å². The van der Waals surface area contributed by atoms with E-state index in [0.29, 0.717) is 5.88 Å². The average molecular weight is 310 g/mol. The van der Waals surface area contributed by atoms with Crippen molar-refractivity contribution in [1.82, 2.24) is 5.32 Å². The molecule has 2 aromatic carbocycles. The van der Waals surface area contributed by atoms with Crippen LogP contribution in [-0.2, 0) is 12.4 Å². The second-order valence-corrected chi connectivity index (χ2v) is 4.95. The summed E-state index contributed by atoms with van der Waals surface area (Å²) < 4.78 is 27.4. The summed E-state index contributed by atoms with van der Waals surface area (Å²) in [6, 6.07) is 9.67. The van der Waals surface area contributed by atoms with Gasteiger partial charge in [-0.2, -0.15) is 0 Å². The van der Waals surface area contributed by atoms with E-state index in [1.54, 1.807) is 12.1 Å². The van der Waals surface area contributed by atoms with Crippen molar-refractivity contribution in [2.45, 2.75) is 19.3 Å². The van der Waals surface area contributed by atoms with Crippen LogP contribution >= 0.6 is 11.6 Å². The van der Waals surface area contributed by atoms with Gasteiger partial charge in [-0.05, 0) is 29.7 Å². The predicted octanol–water partition coefficient (Wildman–Crippen LogP) is 3.94. The Balaban J connectivity index is 2.10. The highest BCUT2D eigenvalue weighted by Gasteiger charge is 2.18. The Kier molecular flexibility index (Phi) is 4.91. The molecule has 0 saturated heterocycles. The van der Waals surface area contributed by atoms with Crippen LogP contribution in [0.1, 0.15) is 27.0 Å². The van der Waals surface area contributed by atoms with Crippen molar-refractivity contribution in [3.05, 3.63) is 70.3 Å². The highest BCUT2D eigenvalue weighted by atomic mass is 35.5. The molecule has 0 atom stereocenters. The lowest BCUT2D eigenvalue weighted by atomic mass is 10.1. The number of halogens is 3. The summed E-state index contributed by atoms with van der Waals surface area (Å²) in [6.07, 6.45) is 0. The molecule has 0 aromatic heterocycles. The highest BCUT2D eigenvalue weighted by molar-refractivity contribution is 6.17. The first-order valence-corrected chi connectivity index (χ1v) is 6.93. The molecule has 1 amide bonds. The summed E-state index contributed by atoms with van der Waals surface area (Å²) in [5.74, 6) is -2.06. The van der Waals surface area contributed by atoms with E-state index in [2.05, 4.69) is 5.32 Å². The van der Waals surface area contributed by atoms with E-state index in [9.17, 15) is 13.6 Å². The monoisotopic (exact) mass is 309 g/mol. The maximum atomic E-state index is 13.8. The van der Waals surface area contributed by atoms with E-state index in [4.69, 9.17) is 11.6 Å². The molecule has 1 N–H and O–H groups in total. The number of carbonyl (C=O) groups is 1. The van der Waals surface area contributed by atoms with Gasteiger partial charge < -0.3 is 5.32 Å². The number of alkyl halides is 1. The zero-order valence-electron chi connectivity index (χ0n) is 11.4. The molecule has 2 nitrogen and oxygen atoms in total. The van der Waals surface area contributed by atoms with E-state index in [0.717, 1.165) is 17.2 Å². The molecule has 0 radical (unpaired) electrons. The number of rotatable bonds is 4. The van der Waals surface area contributed by atoms with Gasteiger partial charge >= 0.3 is 0 Å². The molecule has 5 heteroatoms. The first-order valence-electron chi connectivity index (χ1n) is 6.39. The molecular formula is C16H14ClF2NO. The van der Waals surface area contributed by atoms with Gasteiger partial charge in [0.05, 0.1) is 0 Å². The molecule has 0 bridgehead atoms. The molecular weight excluding hydrogens is 296 g/mol. The van der Waals surface area contributed by atoms with Crippen molar-refractivity contribution < 1.29 is 13.6 Å². The normalized spacial score (nSPS) is 10.5. The maximum absolute atomic E-state index is 13.8. The maximum Gasteiger partial charge on any atom is 0.257 e. The van der Waals surface area contributed by atoms with Gasteiger partial charge in [-0.1, -0.05) is 30.3 Å². The Labute approximate surface area is 126 Å². The Hall–Kier alpha value is -1.94. The minimum atomic E-state index is -0.868. The van der Waals surface area contributed by atoms with Crippen LogP contribution in [0.3, 0.4) is 0 Å². The van der Waals surface area contributed by atoms with E-state index in [1.807, 2.05) is 12.1 Å². The Morgan fingerprint density at radius 3 is 2.33 bits per heavy atom. The molecule has 0 fully saturated rings. The standard InChI is InChI=1S/C16H14ClF2NO/c1-10-2-7-13(18)14(15(10)19)16(21)20-9-12-5-3-11(8-17)4-6-12/h2-7H,8-9H2,1H3,(H,20,21). The van der Waals surface area contributed by atoms with Gasteiger partial charge in [0, 0.05) is 12.4 Å². The Bertz CT molecular complexity index is 656. The van der Waals surface area contributed by atoms with Gasteiger partial charge in [0.15, 0.2) is 0 Å². The second-order valence-electron chi connectivity index (χ2n) is 4.69. The smallest absolute Gasteiger partial charge is 0.257 e. The molecule has 0 unspecified atom stereocenters. The minimum Gasteiger partial charge on any atom is -0.348 e. The third-order valence-electron chi connectivity index (χ3n) is 3.14. The van der Waals surface area contributed by atoms with Gasteiger partial charge in [-0.3, -0.25) is 4.79 Å². The average Bonchev–Trinajstić information content (AvgIpc) is 2.50. The molecule has 110 valence electrons. The fourth-order valence-corrected chi connectivity index (χ4v) is 2.06. The lowest BCUT2D eigenvalue weighted by Gasteiger charge is -2.09. The highest BCUT2D eigenvalue weighted by Crippen LogP contribution is 2.16. The van der Waals surface area contributed by atoms with Crippen LogP contribution in [0.4, 0.5) is 8.78 Å². The first-order chi connectivity index (χ1) is 10.0. The van der Waals surface area contributed by atoms with Crippen molar-refractivity contribution in [2.75, 3.05) is 0 Å². The summed E-state index contributed by atoms with van der Waals surface area (Å²) in [5.41, 5.74) is 1.47. The molecule has 2 rings (SSSR count). The van der Waals surface area contributed by atoms with Gasteiger partial charge in [-0.25, -0.2) is 8.78 Å². The van der Waals surface area contributed by atoms with Crippen LogP contribution in [0.15, 0.2) is 36.4 Å². The van der Waals surface area contributed by atoms with Crippen LogP contribution in [0.5, 0.6) is 0 Å². The topological polar surface area (TPSA) is 29.1 Å². The summed E-state index contributed by atoms with van der Waals surface area (Å²) in [5, 5.41) is 2.51. The molecule has 0 aliphatic rings. The third-order valence-corrected chi connectivity index (χ3v) is 3.45. The largest absolute Gasteiger partial charge is 0.348 e. The summed E-state index contributed by atoms with van der Waals surface area (Å²) in [4.78, 5) is 11.9. The Morgan fingerprint density at radius 1 is 1.10 bits per heavy atom. The van der Waals surface area contributed by atoms with Gasteiger partial charge in [0.25, 0.3) is 5.91 Å². The van der Waals surface area contributed by atoms with Crippen molar-refractivity contribution >= 4 is 17.5 Å². The zero-order valence-corrected chi connectivity index (χ0v) is 12.2. The zero-order chi connectivity index (χ0) is 15.4. The third kappa shape index (κ3) is 3.58. The van der Waals surface area contributed by atoms with Crippen LogP contribution in [0.2, 0.25) is 0 Å². The minimum absolute atomic E-state index is 0.189. The van der Waals surface area contributed by atoms with Crippen LogP contribution in [-0.4, -0.2) is 5.91 Å². The number of hydrogen-bond donors (Lipinski definition) is 1. The number of nitrogens with one attached hydrogen (secondary N) is 1. The van der Waals surface area contributed by atoms with Gasteiger partial charge in [-0.15, -0.1) is 11.6 Å².